The van der Waals surface area contributed by atoms with Crippen LogP contribution in [0.1, 0.15) is 31.0 Å². The molecule has 1 fully saturated rings. The number of nitrogens with one attached hydrogen (secondary N) is 1. The zero-order chi connectivity index (χ0) is 21.8. The topological polar surface area (TPSA) is 88.6 Å². The van der Waals surface area contributed by atoms with Crippen LogP contribution in [0.5, 0.6) is 5.75 Å². The fourth-order valence-electron chi connectivity index (χ4n) is 3.29. The van der Waals surface area contributed by atoms with Crippen molar-refractivity contribution < 1.29 is 31.1 Å². The molecule has 0 spiro atoms. The van der Waals surface area contributed by atoms with Gasteiger partial charge in [-0.2, -0.15) is 0 Å². The average Bonchev–Trinajstić information content (AvgIpc) is 3.17. The molecule has 1 aliphatic rings. The third-order valence-electron chi connectivity index (χ3n) is 4.60. The molecule has 0 saturated carbocycles. The van der Waals surface area contributed by atoms with Crippen molar-refractivity contribution in [3.63, 3.8) is 0 Å². The number of halogens is 3. The number of pyridine rings is 1. The Morgan fingerprint density at radius 3 is 2.57 bits per heavy atom. The van der Waals surface area contributed by atoms with E-state index >= 15 is 0 Å². The van der Waals surface area contributed by atoms with Crippen LogP contribution >= 0.6 is 0 Å². The summed E-state index contributed by atoms with van der Waals surface area (Å²) in [5, 5.41) is 0. The first kappa shape index (κ1) is 22.0. The second kappa shape index (κ2) is 9.00. The van der Waals surface area contributed by atoms with E-state index in [9.17, 15) is 26.4 Å². The number of rotatable bonds is 7. The summed E-state index contributed by atoms with van der Waals surface area (Å²) in [7, 11) is -3.98. The first-order chi connectivity index (χ1) is 14.2. The Bertz CT molecular complexity index is 967. The van der Waals surface area contributed by atoms with E-state index in [4.69, 9.17) is 0 Å². The monoisotopic (exact) mass is 443 g/mol. The largest absolute Gasteiger partial charge is 0.573 e. The van der Waals surface area contributed by atoms with Crippen LogP contribution in [0.3, 0.4) is 0 Å². The molecular weight excluding hydrogens is 423 g/mol. The van der Waals surface area contributed by atoms with E-state index in [1.807, 2.05) is 12.1 Å². The Morgan fingerprint density at radius 2 is 1.93 bits per heavy atom. The van der Waals surface area contributed by atoms with Crippen LogP contribution in [0.2, 0.25) is 0 Å². The Balaban J connectivity index is 1.55. The molecule has 0 radical (unpaired) electrons. The second-order valence-electron chi connectivity index (χ2n) is 6.67. The van der Waals surface area contributed by atoms with Crippen LogP contribution in [0, 0.1) is 0 Å². The number of ether oxygens (including phenoxy) is 1. The van der Waals surface area contributed by atoms with Crippen LogP contribution in [0.15, 0.2) is 53.6 Å². The number of likely N-dealkylation sites (tertiary alicyclic amines) is 1. The predicted octanol–water partition coefficient (Wildman–Crippen LogP) is 3.01. The Labute approximate surface area is 171 Å². The molecular formula is C19H20F3N3O4S. The average molecular weight is 443 g/mol. The maximum Gasteiger partial charge on any atom is 0.573 e. The van der Waals surface area contributed by atoms with Crippen LogP contribution in [-0.2, 0) is 14.8 Å². The first-order valence-corrected chi connectivity index (χ1v) is 10.7. The SMILES string of the molecule is O=C(CCNS(=O)(=O)c1ccc(OC(F)(F)F)cc1)N1CCCC1c1ccccn1. The molecule has 1 N–H and O–H groups in total. The quantitative estimate of drug-likeness (QED) is 0.711. The molecule has 0 bridgehead atoms. The number of hydrogen-bond donors (Lipinski definition) is 1. The zero-order valence-corrected chi connectivity index (χ0v) is 16.6. The highest BCUT2D eigenvalue weighted by Gasteiger charge is 2.32. The molecule has 3 rings (SSSR count). The van der Waals surface area contributed by atoms with Gasteiger partial charge in [0.2, 0.25) is 15.9 Å². The number of carbonyl (C=O) groups excluding carboxylic acids is 1. The number of carbonyl (C=O) groups is 1. The van der Waals surface area contributed by atoms with Crippen molar-refractivity contribution in [3.8, 4) is 5.75 Å². The van der Waals surface area contributed by atoms with Crippen LogP contribution in [0.25, 0.3) is 0 Å². The lowest BCUT2D eigenvalue weighted by molar-refractivity contribution is -0.274. The van der Waals surface area contributed by atoms with Crippen molar-refractivity contribution in [1.82, 2.24) is 14.6 Å². The van der Waals surface area contributed by atoms with Crippen molar-refractivity contribution in [3.05, 3.63) is 54.4 Å². The van der Waals surface area contributed by atoms with E-state index in [1.54, 1.807) is 17.2 Å². The summed E-state index contributed by atoms with van der Waals surface area (Å²) >= 11 is 0. The molecule has 11 heteroatoms. The Kier molecular flexibility index (Phi) is 6.61. The van der Waals surface area contributed by atoms with E-state index in [-0.39, 0.29) is 29.8 Å². The minimum atomic E-state index is -4.86. The lowest BCUT2D eigenvalue weighted by atomic mass is 10.1. The standard InChI is InChI=1S/C19H20F3N3O4S/c20-19(21,22)29-14-6-8-15(9-7-14)30(27,28)24-12-10-18(26)25-13-3-5-17(25)16-4-1-2-11-23-16/h1-2,4,6-9,11,17,24H,3,5,10,12-13H2. The first-order valence-electron chi connectivity index (χ1n) is 9.21. The van der Waals surface area contributed by atoms with E-state index in [2.05, 4.69) is 14.4 Å². The fraction of sp³-hybridized carbons (Fsp3) is 0.368. The van der Waals surface area contributed by atoms with Crippen LogP contribution < -0.4 is 9.46 Å². The number of hydrogen-bond acceptors (Lipinski definition) is 5. The van der Waals surface area contributed by atoms with Gasteiger partial charge in [-0.3, -0.25) is 9.78 Å². The van der Waals surface area contributed by atoms with Crippen molar-refractivity contribution in [2.45, 2.75) is 36.6 Å². The van der Waals surface area contributed by atoms with E-state index in [0.717, 1.165) is 42.8 Å². The van der Waals surface area contributed by atoms with Gasteiger partial charge in [0.1, 0.15) is 5.75 Å². The minimum absolute atomic E-state index is 0.0438. The summed E-state index contributed by atoms with van der Waals surface area (Å²) in [6.45, 7) is 0.445. The molecule has 162 valence electrons. The van der Waals surface area contributed by atoms with Gasteiger partial charge < -0.3 is 9.64 Å². The smallest absolute Gasteiger partial charge is 0.406 e. The predicted molar refractivity (Wildman–Crippen MR) is 101 cm³/mol. The van der Waals surface area contributed by atoms with Gasteiger partial charge >= 0.3 is 6.36 Å². The highest BCUT2D eigenvalue weighted by Crippen LogP contribution is 2.31. The molecule has 30 heavy (non-hydrogen) atoms. The van der Waals surface area contributed by atoms with Gasteiger partial charge in [0.05, 0.1) is 16.6 Å². The number of nitrogens with zero attached hydrogens (tertiary/aromatic N) is 2. The molecule has 1 unspecified atom stereocenters. The summed E-state index contributed by atoms with van der Waals surface area (Å²) in [6.07, 6.45) is -1.61. The van der Waals surface area contributed by atoms with Crippen molar-refractivity contribution in [2.75, 3.05) is 13.1 Å². The maximum absolute atomic E-state index is 12.6. The molecule has 2 aromatic rings. The Morgan fingerprint density at radius 1 is 1.20 bits per heavy atom. The number of sulfonamides is 1. The number of amides is 1. The molecule has 1 saturated heterocycles. The second-order valence-corrected chi connectivity index (χ2v) is 8.43. The normalized spacial score (nSPS) is 17.2. The summed E-state index contributed by atoms with van der Waals surface area (Å²) < 4.78 is 67.2. The highest BCUT2D eigenvalue weighted by atomic mass is 32.2. The number of aromatic nitrogens is 1. The van der Waals surface area contributed by atoms with E-state index < -0.39 is 22.1 Å². The van der Waals surface area contributed by atoms with Gasteiger partial charge in [-0.1, -0.05) is 6.07 Å². The molecule has 1 aromatic heterocycles. The van der Waals surface area contributed by atoms with Crippen LogP contribution in [-0.4, -0.2) is 43.7 Å². The molecule has 2 heterocycles. The van der Waals surface area contributed by atoms with Gasteiger partial charge in [-0.15, -0.1) is 13.2 Å². The summed E-state index contributed by atoms with van der Waals surface area (Å²) in [4.78, 5) is 18.3. The number of alkyl halides is 3. The zero-order valence-electron chi connectivity index (χ0n) is 15.8. The molecule has 7 nitrogen and oxygen atoms in total. The molecule has 1 aromatic carbocycles. The summed E-state index contributed by atoms with van der Waals surface area (Å²) in [5.41, 5.74) is 0.796. The molecule has 1 amide bonds. The lowest BCUT2D eigenvalue weighted by Crippen LogP contribution is -2.34. The number of benzene rings is 1. The summed E-state index contributed by atoms with van der Waals surface area (Å²) in [5.74, 6) is -0.717. The molecule has 1 atom stereocenters. The summed E-state index contributed by atoms with van der Waals surface area (Å²) in [6, 6.07) is 9.20. The third-order valence-corrected chi connectivity index (χ3v) is 6.08. The van der Waals surface area contributed by atoms with E-state index in [0.29, 0.717) is 6.54 Å². The van der Waals surface area contributed by atoms with Crippen molar-refractivity contribution in [2.24, 2.45) is 0 Å². The van der Waals surface area contributed by atoms with Crippen molar-refractivity contribution in [1.29, 1.82) is 0 Å². The third kappa shape index (κ3) is 5.70. The van der Waals surface area contributed by atoms with Crippen LogP contribution in [0.4, 0.5) is 13.2 Å². The maximum atomic E-state index is 12.6. The molecule has 0 aliphatic carbocycles. The van der Waals surface area contributed by atoms with Crippen molar-refractivity contribution >= 4 is 15.9 Å². The molecule has 1 aliphatic heterocycles. The lowest BCUT2D eigenvalue weighted by Gasteiger charge is -2.24. The minimum Gasteiger partial charge on any atom is -0.406 e. The van der Waals surface area contributed by atoms with E-state index in [1.165, 1.54) is 0 Å². The van der Waals surface area contributed by atoms with Gasteiger partial charge in [0, 0.05) is 25.7 Å². The van der Waals surface area contributed by atoms with Gasteiger partial charge in [-0.25, -0.2) is 13.1 Å². The van der Waals surface area contributed by atoms with Gasteiger partial charge in [0.15, 0.2) is 0 Å². The Hall–Kier alpha value is -2.66. The van der Waals surface area contributed by atoms with Gasteiger partial charge in [-0.05, 0) is 49.2 Å². The highest BCUT2D eigenvalue weighted by molar-refractivity contribution is 7.89. The van der Waals surface area contributed by atoms with Gasteiger partial charge in [0.25, 0.3) is 0 Å². The fourth-order valence-corrected chi connectivity index (χ4v) is 4.32.